The van der Waals surface area contributed by atoms with E-state index in [4.69, 9.17) is 21.1 Å². The van der Waals surface area contributed by atoms with Gasteiger partial charge in [-0.1, -0.05) is 23.7 Å². The molecule has 0 aliphatic rings. The minimum absolute atomic E-state index is 0.00767. The molecule has 116 valence electrons. The van der Waals surface area contributed by atoms with E-state index in [0.717, 1.165) is 0 Å². The van der Waals surface area contributed by atoms with Crippen molar-refractivity contribution in [3.8, 4) is 11.5 Å². The van der Waals surface area contributed by atoms with Crippen LogP contribution < -0.4 is 14.9 Å². The van der Waals surface area contributed by atoms with Crippen molar-refractivity contribution in [3.63, 3.8) is 0 Å². The summed E-state index contributed by atoms with van der Waals surface area (Å²) in [5.74, 6) is 0.601. The Morgan fingerprint density at radius 1 is 1.27 bits per heavy atom. The van der Waals surface area contributed by atoms with Gasteiger partial charge in [0.15, 0.2) is 11.5 Å². The van der Waals surface area contributed by atoms with E-state index >= 15 is 0 Å². The lowest BCUT2D eigenvalue weighted by Crippen LogP contribution is -2.04. The Morgan fingerprint density at radius 2 is 2.05 bits per heavy atom. The lowest BCUT2D eigenvalue weighted by atomic mass is 10.2. The maximum Gasteiger partial charge on any atom is 0.170 e. The van der Waals surface area contributed by atoms with Crippen molar-refractivity contribution in [2.75, 3.05) is 14.2 Å². The first-order valence-corrected chi connectivity index (χ1v) is 6.97. The first-order valence-electron chi connectivity index (χ1n) is 6.60. The summed E-state index contributed by atoms with van der Waals surface area (Å²) in [6.45, 7) is -0.00767. The van der Waals surface area contributed by atoms with Crippen molar-refractivity contribution in [1.82, 2.24) is 5.43 Å². The lowest BCUT2D eigenvalue weighted by Gasteiger charge is -2.14. The average molecular weight is 323 g/mol. The van der Waals surface area contributed by atoms with Crippen molar-refractivity contribution in [2.45, 2.75) is 6.61 Å². The number of halogens is 2. The molecule has 0 saturated heterocycles. The highest BCUT2D eigenvalue weighted by atomic mass is 35.5. The Labute approximate surface area is 133 Å². The standard InChI is InChI=1S/C16H16ClFN2O2/c1-19-20-9-11-5-3-8-15(21-2)16(11)22-10-12-13(17)6-4-7-14(12)18/h3-9,19H,10H2,1-2H3/b20-9+. The normalized spacial score (nSPS) is 10.7. The average Bonchev–Trinajstić information content (AvgIpc) is 2.52. The van der Waals surface area contributed by atoms with Crippen LogP contribution in [-0.2, 0) is 6.61 Å². The van der Waals surface area contributed by atoms with Gasteiger partial charge < -0.3 is 14.9 Å². The van der Waals surface area contributed by atoms with Crippen LogP contribution in [0.2, 0.25) is 5.02 Å². The maximum atomic E-state index is 13.8. The summed E-state index contributed by atoms with van der Waals surface area (Å²) in [6.07, 6.45) is 1.60. The minimum Gasteiger partial charge on any atom is -0.493 e. The zero-order valence-corrected chi connectivity index (χ0v) is 13.0. The molecule has 0 aliphatic carbocycles. The van der Waals surface area contributed by atoms with Gasteiger partial charge in [-0.05, 0) is 24.3 Å². The highest BCUT2D eigenvalue weighted by Gasteiger charge is 2.13. The monoisotopic (exact) mass is 322 g/mol. The van der Waals surface area contributed by atoms with Crippen LogP contribution in [0.3, 0.4) is 0 Å². The fraction of sp³-hybridized carbons (Fsp3) is 0.188. The third kappa shape index (κ3) is 3.68. The van der Waals surface area contributed by atoms with Crippen molar-refractivity contribution < 1.29 is 13.9 Å². The molecule has 2 aromatic rings. The molecule has 0 bridgehead atoms. The van der Waals surface area contributed by atoms with Gasteiger partial charge in [0.1, 0.15) is 12.4 Å². The van der Waals surface area contributed by atoms with Gasteiger partial charge in [0.2, 0.25) is 0 Å². The Hall–Kier alpha value is -2.27. The number of nitrogens with one attached hydrogen (secondary N) is 1. The zero-order chi connectivity index (χ0) is 15.9. The highest BCUT2D eigenvalue weighted by molar-refractivity contribution is 6.31. The summed E-state index contributed by atoms with van der Waals surface area (Å²) in [5.41, 5.74) is 3.67. The van der Waals surface area contributed by atoms with Crippen LogP contribution in [0.25, 0.3) is 0 Å². The molecule has 1 N–H and O–H groups in total. The molecular weight excluding hydrogens is 307 g/mol. The number of para-hydroxylation sites is 1. The Bertz CT molecular complexity index is 657. The number of hydrogen-bond donors (Lipinski definition) is 1. The zero-order valence-electron chi connectivity index (χ0n) is 12.3. The smallest absolute Gasteiger partial charge is 0.170 e. The molecule has 2 aromatic carbocycles. The molecule has 0 radical (unpaired) electrons. The Morgan fingerprint density at radius 3 is 2.73 bits per heavy atom. The minimum atomic E-state index is -0.409. The number of nitrogens with zero attached hydrogens (tertiary/aromatic N) is 1. The fourth-order valence-electron chi connectivity index (χ4n) is 1.90. The molecule has 0 spiro atoms. The van der Waals surface area contributed by atoms with E-state index in [-0.39, 0.29) is 6.61 Å². The van der Waals surface area contributed by atoms with Gasteiger partial charge in [0.05, 0.1) is 18.3 Å². The molecule has 6 heteroatoms. The molecule has 0 aliphatic heterocycles. The third-order valence-corrected chi connectivity index (χ3v) is 3.34. The Balaban J connectivity index is 2.30. The number of benzene rings is 2. The van der Waals surface area contributed by atoms with Crippen LogP contribution in [0.5, 0.6) is 11.5 Å². The first kappa shape index (κ1) is 16.1. The van der Waals surface area contributed by atoms with Crippen LogP contribution in [-0.4, -0.2) is 20.4 Å². The van der Waals surface area contributed by atoms with Crippen LogP contribution in [0.4, 0.5) is 4.39 Å². The second-order valence-corrected chi connectivity index (χ2v) is 4.76. The second-order valence-electron chi connectivity index (χ2n) is 4.35. The van der Waals surface area contributed by atoms with Crippen LogP contribution in [0, 0.1) is 5.82 Å². The van der Waals surface area contributed by atoms with Gasteiger partial charge in [0.25, 0.3) is 0 Å². The molecule has 4 nitrogen and oxygen atoms in total. The molecule has 0 saturated carbocycles. The summed E-state index contributed by atoms with van der Waals surface area (Å²) in [4.78, 5) is 0. The molecule has 2 rings (SSSR count). The maximum absolute atomic E-state index is 13.8. The molecule has 0 fully saturated rings. The topological polar surface area (TPSA) is 42.9 Å². The first-order chi connectivity index (χ1) is 10.7. The molecule has 0 amide bonds. The van der Waals surface area contributed by atoms with E-state index < -0.39 is 5.82 Å². The van der Waals surface area contributed by atoms with E-state index in [0.29, 0.717) is 27.6 Å². The number of hydrazone groups is 1. The number of hydrogen-bond acceptors (Lipinski definition) is 4. The van der Waals surface area contributed by atoms with E-state index in [2.05, 4.69) is 10.5 Å². The second kappa shape index (κ2) is 7.66. The van der Waals surface area contributed by atoms with Gasteiger partial charge in [-0.2, -0.15) is 5.10 Å². The van der Waals surface area contributed by atoms with Crippen LogP contribution >= 0.6 is 11.6 Å². The molecular formula is C16H16ClFN2O2. The van der Waals surface area contributed by atoms with Crippen molar-refractivity contribution >= 4 is 17.8 Å². The molecule has 0 unspecified atom stereocenters. The van der Waals surface area contributed by atoms with E-state index in [9.17, 15) is 4.39 Å². The Kier molecular flexibility index (Phi) is 5.61. The molecule has 0 heterocycles. The summed E-state index contributed by atoms with van der Waals surface area (Å²) in [6, 6.07) is 9.91. The van der Waals surface area contributed by atoms with Crippen LogP contribution in [0.1, 0.15) is 11.1 Å². The summed E-state index contributed by atoms with van der Waals surface area (Å²) in [5, 5.41) is 4.28. The molecule has 0 atom stereocenters. The van der Waals surface area contributed by atoms with Gasteiger partial charge in [-0.3, -0.25) is 0 Å². The van der Waals surface area contributed by atoms with E-state index in [1.54, 1.807) is 31.5 Å². The van der Waals surface area contributed by atoms with E-state index in [1.807, 2.05) is 12.1 Å². The van der Waals surface area contributed by atoms with Gasteiger partial charge in [-0.15, -0.1) is 0 Å². The largest absolute Gasteiger partial charge is 0.493 e. The van der Waals surface area contributed by atoms with Crippen molar-refractivity contribution in [2.24, 2.45) is 5.10 Å². The molecule has 0 aromatic heterocycles. The van der Waals surface area contributed by atoms with E-state index in [1.165, 1.54) is 13.2 Å². The summed E-state index contributed by atoms with van der Waals surface area (Å²) >= 11 is 6.01. The predicted molar refractivity (Wildman–Crippen MR) is 85.4 cm³/mol. The fourth-order valence-corrected chi connectivity index (χ4v) is 2.12. The van der Waals surface area contributed by atoms with Gasteiger partial charge >= 0.3 is 0 Å². The van der Waals surface area contributed by atoms with Crippen LogP contribution in [0.15, 0.2) is 41.5 Å². The predicted octanol–water partition coefficient (Wildman–Crippen LogP) is 3.62. The lowest BCUT2D eigenvalue weighted by molar-refractivity contribution is 0.279. The highest BCUT2D eigenvalue weighted by Crippen LogP contribution is 2.31. The van der Waals surface area contributed by atoms with Crippen molar-refractivity contribution in [1.29, 1.82) is 0 Å². The number of ether oxygens (including phenoxy) is 2. The number of rotatable bonds is 6. The quantitative estimate of drug-likeness (QED) is 0.652. The van der Waals surface area contributed by atoms with Gasteiger partial charge in [0, 0.05) is 18.2 Å². The third-order valence-electron chi connectivity index (χ3n) is 2.98. The molecule has 22 heavy (non-hydrogen) atoms. The summed E-state index contributed by atoms with van der Waals surface area (Å²) < 4.78 is 24.8. The van der Waals surface area contributed by atoms with Gasteiger partial charge in [-0.25, -0.2) is 4.39 Å². The number of methoxy groups -OCH3 is 1. The summed E-state index contributed by atoms with van der Waals surface area (Å²) in [7, 11) is 3.23. The SMILES string of the molecule is CN/N=C/c1cccc(OC)c1OCc1c(F)cccc1Cl. The van der Waals surface area contributed by atoms with Crippen molar-refractivity contribution in [3.05, 3.63) is 58.4 Å².